The number of carbonyl (C=O) groups is 1. The number of amides is 1. The van der Waals surface area contributed by atoms with Crippen molar-refractivity contribution in [2.75, 3.05) is 6.54 Å². The van der Waals surface area contributed by atoms with Gasteiger partial charge < -0.3 is 5.32 Å². The number of nitrogens with one attached hydrogen (secondary N) is 1. The van der Waals surface area contributed by atoms with Crippen LogP contribution in [0, 0.1) is 0 Å². The van der Waals surface area contributed by atoms with Crippen molar-refractivity contribution in [3.63, 3.8) is 0 Å². The Morgan fingerprint density at radius 2 is 1.47 bits per heavy atom. The van der Waals surface area contributed by atoms with Crippen LogP contribution in [0.2, 0.25) is 5.02 Å². The highest BCUT2D eigenvalue weighted by Gasteiger charge is 2.27. The molecule has 3 aromatic rings. The van der Waals surface area contributed by atoms with Gasteiger partial charge in [0.15, 0.2) is 0 Å². The van der Waals surface area contributed by atoms with Gasteiger partial charge in [0, 0.05) is 20.5 Å². The van der Waals surface area contributed by atoms with Crippen LogP contribution in [0.5, 0.6) is 0 Å². The smallest absolute Gasteiger partial charge is 0.243 e. The minimum absolute atomic E-state index is 0.0374. The third-order valence-electron chi connectivity index (χ3n) is 4.79. The van der Waals surface area contributed by atoms with Gasteiger partial charge in [-0.05, 0) is 66.6 Å². The molecule has 32 heavy (non-hydrogen) atoms. The summed E-state index contributed by atoms with van der Waals surface area (Å²) in [4.78, 5) is 12.9. The largest absolute Gasteiger partial charge is 0.348 e. The summed E-state index contributed by atoms with van der Waals surface area (Å²) in [5, 5.41) is 3.44. The summed E-state index contributed by atoms with van der Waals surface area (Å²) in [6.45, 7) is 1.57. The summed E-state index contributed by atoms with van der Waals surface area (Å²) in [5.74, 6) is -0.393. The number of hydrogen-bond acceptors (Lipinski definition) is 3. The Balaban J connectivity index is 1.82. The molecule has 0 aliphatic heterocycles. The van der Waals surface area contributed by atoms with Crippen LogP contribution in [-0.2, 0) is 21.4 Å². The molecular formula is C23H21Br2ClN2O3S. The predicted molar refractivity (Wildman–Crippen MR) is 134 cm³/mol. The number of carbonyl (C=O) groups excluding carboxylic acids is 1. The van der Waals surface area contributed by atoms with E-state index in [1.807, 2.05) is 31.2 Å². The van der Waals surface area contributed by atoms with Gasteiger partial charge in [-0.25, -0.2) is 8.42 Å². The fourth-order valence-electron chi connectivity index (χ4n) is 3.06. The average molecular weight is 601 g/mol. The van der Waals surface area contributed by atoms with Gasteiger partial charge in [0.2, 0.25) is 15.9 Å². The van der Waals surface area contributed by atoms with Crippen molar-refractivity contribution in [3.8, 4) is 0 Å². The third kappa shape index (κ3) is 6.65. The van der Waals surface area contributed by atoms with Crippen molar-refractivity contribution in [3.05, 3.63) is 97.9 Å². The summed E-state index contributed by atoms with van der Waals surface area (Å²) in [7, 11) is -3.91. The number of sulfonamides is 1. The molecule has 1 N–H and O–H groups in total. The van der Waals surface area contributed by atoms with Crippen LogP contribution in [0.15, 0.2) is 86.6 Å². The normalized spacial score (nSPS) is 12.5. The first-order valence-electron chi connectivity index (χ1n) is 9.70. The van der Waals surface area contributed by atoms with Gasteiger partial charge in [-0.15, -0.1) is 0 Å². The van der Waals surface area contributed by atoms with Gasteiger partial charge in [0.1, 0.15) is 0 Å². The van der Waals surface area contributed by atoms with Crippen LogP contribution in [0.3, 0.4) is 0 Å². The van der Waals surface area contributed by atoms with Gasteiger partial charge in [-0.3, -0.25) is 4.79 Å². The maximum absolute atomic E-state index is 13.3. The fourth-order valence-corrected chi connectivity index (χ4v) is 5.10. The van der Waals surface area contributed by atoms with E-state index in [9.17, 15) is 13.2 Å². The number of halogens is 3. The first-order valence-corrected chi connectivity index (χ1v) is 13.1. The van der Waals surface area contributed by atoms with Gasteiger partial charge in [-0.1, -0.05) is 67.7 Å². The van der Waals surface area contributed by atoms with Gasteiger partial charge >= 0.3 is 0 Å². The molecule has 1 amide bonds. The number of nitrogens with zero attached hydrogens (tertiary/aromatic N) is 1. The molecule has 1 unspecified atom stereocenters. The highest BCUT2D eigenvalue weighted by atomic mass is 79.9. The molecule has 9 heteroatoms. The van der Waals surface area contributed by atoms with Crippen LogP contribution in [0.4, 0.5) is 0 Å². The Hall–Kier alpha value is -1.71. The molecule has 0 fully saturated rings. The van der Waals surface area contributed by atoms with E-state index < -0.39 is 15.9 Å². The molecule has 0 aliphatic rings. The molecular weight excluding hydrogens is 580 g/mol. The minimum atomic E-state index is -3.91. The summed E-state index contributed by atoms with van der Waals surface area (Å²) in [6, 6.07) is 20.5. The Morgan fingerprint density at radius 3 is 2.03 bits per heavy atom. The lowest BCUT2D eigenvalue weighted by atomic mass is 10.1. The molecule has 0 aliphatic carbocycles. The van der Waals surface area contributed by atoms with Gasteiger partial charge in [-0.2, -0.15) is 4.31 Å². The van der Waals surface area contributed by atoms with E-state index in [4.69, 9.17) is 11.6 Å². The second-order valence-corrected chi connectivity index (χ2v) is 11.4. The molecule has 3 rings (SSSR count). The van der Waals surface area contributed by atoms with E-state index in [0.717, 1.165) is 20.1 Å². The molecule has 0 spiro atoms. The second-order valence-electron chi connectivity index (χ2n) is 7.19. The van der Waals surface area contributed by atoms with Crippen molar-refractivity contribution >= 4 is 59.4 Å². The lowest BCUT2D eigenvalue weighted by Crippen LogP contribution is -2.41. The predicted octanol–water partition coefficient (Wildman–Crippen LogP) is 5.93. The van der Waals surface area contributed by atoms with E-state index in [2.05, 4.69) is 37.2 Å². The highest BCUT2D eigenvalue weighted by molar-refractivity contribution is 9.10. The lowest BCUT2D eigenvalue weighted by Gasteiger charge is -2.23. The topological polar surface area (TPSA) is 66.5 Å². The zero-order valence-electron chi connectivity index (χ0n) is 17.1. The van der Waals surface area contributed by atoms with E-state index in [1.54, 1.807) is 36.4 Å². The number of hydrogen-bond donors (Lipinski definition) is 1. The fraction of sp³-hybridized carbons (Fsp3) is 0.174. The molecule has 0 heterocycles. The van der Waals surface area contributed by atoms with E-state index in [1.165, 1.54) is 16.4 Å². The Bertz CT molecular complexity index is 1170. The third-order valence-corrected chi connectivity index (χ3v) is 7.91. The molecule has 0 saturated heterocycles. The van der Waals surface area contributed by atoms with Crippen LogP contribution in [0.25, 0.3) is 0 Å². The summed E-state index contributed by atoms with van der Waals surface area (Å²) in [5.41, 5.74) is 1.64. The molecule has 5 nitrogen and oxygen atoms in total. The molecule has 0 bridgehead atoms. The number of benzene rings is 3. The quantitative estimate of drug-likeness (QED) is 0.349. The number of rotatable bonds is 8. The van der Waals surface area contributed by atoms with Crippen molar-refractivity contribution in [2.45, 2.75) is 24.4 Å². The van der Waals surface area contributed by atoms with Gasteiger partial charge in [0.25, 0.3) is 0 Å². The van der Waals surface area contributed by atoms with Gasteiger partial charge in [0.05, 0.1) is 17.5 Å². The first-order chi connectivity index (χ1) is 15.1. The minimum Gasteiger partial charge on any atom is -0.348 e. The van der Waals surface area contributed by atoms with Crippen LogP contribution in [-0.4, -0.2) is 25.2 Å². The summed E-state index contributed by atoms with van der Waals surface area (Å²) < 4.78 is 29.6. The van der Waals surface area contributed by atoms with Crippen LogP contribution < -0.4 is 5.32 Å². The van der Waals surface area contributed by atoms with E-state index in [0.29, 0.717) is 5.02 Å². The average Bonchev–Trinajstić information content (AvgIpc) is 2.75. The zero-order chi connectivity index (χ0) is 23.3. The summed E-state index contributed by atoms with van der Waals surface area (Å²) in [6.07, 6.45) is 0. The van der Waals surface area contributed by atoms with Crippen molar-refractivity contribution in [2.24, 2.45) is 0 Å². The maximum Gasteiger partial charge on any atom is 0.243 e. The van der Waals surface area contributed by atoms with Crippen molar-refractivity contribution in [1.82, 2.24) is 9.62 Å². The highest BCUT2D eigenvalue weighted by Crippen LogP contribution is 2.22. The Labute approximate surface area is 210 Å². The van der Waals surface area contributed by atoms with Crippen LogP contribution in [0.1, 0.15) is 24.1 Å². The van der Waals surface area contributed by atoms with Crippen molar-refractivity contribution in [1.29, 1.82) is 0 Å². The Kier molecular flexibility index (Phi) is 8.52. The summed E-state index contributed by atoms with van der Waals surface area (Å²) >= 11 is 12.7. The first kappa shape index (κ1) is 24.9. The molecule has 1 atom stereocenters. The zero-order valence-corrected chi connectivity index (χ0v) is 21.9. The Morgan fingerprint density at radius 1 is 0.938 bits per heavy atom. The van der Waals surface area contributed by atoms with Crippen molar-refractivity contribution < 1.29 is 13.2 Å². The van der Waals surface area contributed by atoms with Crippen LogP contribution >= 0.6 is 43.5 Å². The maximum atomic E-state index is 13.3. The molecule has 3 aromatic carbocycles. The molecule has 0 saturated carbocycles. The van der Waals surface area contributed by atoms with E-state index in [-0.39, 0.29) is 24.0 Å². The SMILES string of the molecule is CC(NC(=O)CN(Cc1ccc(Cl)cc1)S(=O)(=O)c1ccc(Br)cc1)c1ccc(Br)cc1. The second kappa shape index (κ2) is 10.9. The molecule has 0 radical (unpaired) electrons. The molecule has 168 valence electrons. The molecule has 0 aromatic heterocycles. The van der Waals surface area contributed by atoms with E-state index >= 15 is 0 Å². The lowest BCUT2D eigenvalue weighted by molar-refractivity contribution is -0.122. The monoisotopic (exact) mass is 598 g/mol. The standard InChI is InChI=1S/C23H21Br2ClN2O3S/c1-16(18-4-6-19(24)7-5-18)27-23(29)15-28(14-17-2-10-21(26)11-3-17)32(30,31)22-12-8-20(25)9-13-22/h2-13,16H,14-15H2,1H3,(H,27,29).